The van der Waals surface area contributed by atoms with Crippen LogP contribution in [-0.4, -0.2) is 48.7 Å². The third-order valence-corrected chi connectivity index (χ3v) is 7.02. The molecule has 33 heavy (non-hydrogen) atoms. The van der Waals surface area contributed by atoms with E-state index in [1.54, 1.807) is 56.2 Å². The number of benzene rings is 2. The molecule has 0 radical (unpaired) electrons. The van der Waals surface area contributed by atoms with Gasteiger partial charge >= 0.3 is 12.0 Å². The van der Waals surface area contributed by atoms with Crippen LogP contribution in [0.15, 0.2) is 42.5 Å². The smallest absolute Gasteiger partial charge is 0.332 e. The molecule has 0 aliphatic carbocycles. The van der Waals surface area contributed by atoms with E-state index in [9.17, 15) is 14.4 Å². The van der Waals surface area contributed by atoms with Crippen LogP contribution in [0.2, 0.25) is 0 Å². The number of urea groups is 1. The van der Waals surface area contributed by atoms with Crippen LogP contribution in [0.5, 0.6) is 11.5 Å². The highest BCUT2D eigenvalue weighted by molar-refractivity contribution is 6.24. The van der Waals surface area contributed by atoms with Crippen LogP contribution in [0.3, 0.4) is 0 Å². The predicted molar refractivity (Wildman–Crippen MR) is 119 cm³/mol. The summed E-state index contributed by atoms with van der Waals surface area (Å²) in [6.45, 7) is 5.67. The first-order valence-electron chi connectivity index (χ1n) is 11.0. The number of rotatable bonds is 4. The van der Waals surface area contributed by atoms with Crippen molar-refractivity contribution in [2.75, 3.05) is 25.2 Å². The van der Waals surface area contributed by atoms with Crippen LogP contribution in [0.25, 0.3) is 0 Å². The van der Waals surface area contributed by atoms with Gasteiger partial charge in [-0.3, -0.25) is 9.59 Å². The Morgan fingerprint density at radius 1 is 1.21 bits per heavy atom. The Morgan fingerprint density at radius 2 is 2.00 bits per heavy atom. The van der Waals surface area contributed by atoms with Gasteiger partial charge in [-0.1, -0.05) is 12.1 Å². The first-order valence-corrected chi connectivity index (χ1v) is 11.0. The van der Waals surface area contributed by atoms with Gasteiger partial charge in [0.1, 0.15) is 17.0 Å². The first-order chi connectivity index (χ1) is 15.8. The van der Waals surface area contributed by atoms with Crippen molar-refractivity contribution in [1.29, 1.82) is 0 Å². The van der Waals surface area contributed by atoms with E-state index in [1.807, 2.05) is 19.1 Å². The lowest BCUT2D eigenvalue weighted by Gasteiger charge is -2.34. The van der Waals surface area contributed by atoms with Crippen LogP contribution < -0.4 is 14.4 Å². The third-order valence-electron chi connectivity index (χ3n) is 7.02. The van der Waals surface area contributed by atoms with Crippen LogP contribution >= 0.6 is 0 Å². The fourth-order valence-electron chi connectivity index (χ4n) is 5.59. The normalized spacial score (nSPS) is 27.6. The maximum atomic E-state index is 13.9. The molecule has 0 spiro atoms. The molecule has 3 heterocycles. The molecule has 5 rings (SSSR count). The number of methoxy groups -OCH3 is 1. The summed E-state index contributed by atoms with van der Waals surface area (Å²) in [5.74, 6) is -0.991. The average Bonchev–Trinajstić information content (AvgIpc) is 3.18. The SMILES string of the molecule is CCOC(=O)C1C2COc3cc(OC)ccc3C2N2C(=O)N(c3cccc(C)c3)C(=O)[C@@]12C. The average molecular weight is 450 g/mol. The van der Waals surface area contributed by atoms with E-state index >= 15 is 0 Å². The molecule has 8 nitrogen and oxygen atoms in total. The second-order valence-corrected chi connectivity index (χ2v) is 8.83. The summed E-state index contributed by atoms with van der Waals surface area (Å²) in [7, 11) is 1.57. The second kappa shape index (κ2) is 7.50. The number of carbonyl (C=O) groups excluding carboxylic acids is 3. The minimum atomic E-state index is -1.40. The van der Waals surface area contributed by atoms with Crippen molar-refractivity contribution in [2.24, 2.45) is 11.8 Å². The van der Waals surface area contributed by atoms with E-state index in [0.717, 1.165) is 11.1 Å². The number of imide groups is 1. The molecule has 3 amide bonds. The lowest BCUT2D eigenvalue weighted by Crippen LogP contribution is -2.51. The summed E-state index contributed by atoms with van der Waals surface area (Å²) >= 11 is 0. The van der Waals surface area contributed by atoms with Crippen molar-refractivity contribution >= 4 is 23.6 Å². The lowest BCUT2D eigenvalue weighted by atomic mass is 9.77. The molecule has 2 aromatic carbocycles. The Kier molecular flexibility index (Phi) is 4.84. The number of ether oxygens (including phenoxy) is 3. The fraction of sp³-hybridized carbons (Fsp3) is 0.400. The minimum Gasteiger partial charge on any atom is -0.497 e. The molecule has 3 unspecified atom stereocenters. The first kappa shape index (κ1) is 21.3. The number of carbonyl (C=O) groups is 3. The minimum absolute atomic E-state index is 0.182. The molecule has 2 fully saturated rings. The van der Waals surface area contributed by atoms with Crippen molar-refractivity contribution in [3.8, 4) is 11.5 Å². The molecule has 4 atom stereocenters. The highest BCUT2D eigenvalue weighted by atomic mass is 16.5. The van der Waals surface area contributed by atoms with Gasteiger partial charge in [-0.15, -0.1) is 0 Å². The number of fused-ring (bicyclic) bond motifs is 5. The number of aryl methyl sites for hydroxylation is 1. The summed E-state index contributed by atoms with van der Waals surface area (Å²) in [6, 6.07) is 11.7. The van der Waals surface area contributed by atoms with Crippen molar-refractivity contribution in [2.45, 2.75) is 32.4 Å². The third kappa shape index (κ3) is 2.86. The van der Waals surface area contributed by atoms with E-state index in [1.165, 1.54) is 4.90 Å². The van der Waals surface area contributed by atoms with Crippen LogP contribution in [0.4, 0.5) is 10.5 Å². The Morgan fingerprint density at radius 3 is 2.70 bits per heavy atom. The van der Waals surface area contributed by atoms with Gasteiger partial charge in [0, 0.05) is 17.5 Å². The van der Waals surface area contributed by atoms with Gasteiger partial charge in [0.15, 0.2) is 0 Å². The fourth-order valence-corrected chi connectivity index (χ4v) is 5.59. The summed E-state index contributed by atoms with van der Waals surface area (Å²) < 4.78 is 16.7. The zero-order chi connectivity index (χ0) is 23.5. The molecule has 0 aromatic heterocycles. The summed E-state index contributed by atoms with van der Waals surface area (Å²) in [5, 5.41) is 0. The number of esters is 1. The van der Waals surface area contributed by atoms with Gasteiger partial charge in [-0.2, -0.15) is 0 Å². The molecular formula is C25H26N2O6. The van der Waals surface area contributed by atoms with E-state index < -0.39 is 41.3 Å². The van der Waals surface area contributed by atoms with Crippen molar-refractivity contribution in [1.82, 2.24) is 4.90 Å². The molecule has 0 bridgehead atoms. The van der Waals surface area contributed by atoms with Crippen molar-refractivity contribution in [3.63, 3.8) is 0 Å². The molecule has 2 saturated heterocycles. The van der Waals surface area contributed by atoms with Crippen LogP contribution in [0.1, 0.15) is 31.0 Å². The van der Waals surface area contributed by atoms with Gasteiger partial charge in [0.2, 0.25) is 0 Å². The number of hydrogen-bond donors (Lipinski definition) is 0. The molecule has 0 N–H and O–H groups in total. The lowest BCUT2D eigenvalue weighted by molar-refractivity contribution is -0.154. The number of nitrogens with zero attached hydrogens (tertiary/aromatic N) is 2. The topological polar surface area (TPSA) is 85.4 Å². The largest absolute Gasteiger partial charge is 0.497 e. The van der Waals surface area contributed by atoms with Crippen LogP contribution in [-0.2, 0) is 14.3 Å². The van der Waals surface area contributed by atoms with Gasteiger partial charge in [0.25, 0.3) is 5.91 Å². The standard InChI is InChI=1S/C25H26N2O6/c1-5-32-22(28)20-18-13-33-19-12-16(31-4)9-10-17(19)21(18)27-24(30)26(23(29)25(20,27)3)15-8-6-7-14(2)11-15/h6-12,18,20-21H,5,13H2,1-4H3/t18?,20?,21?,25-/m1/s1. The van der Waals surface area contributed by atoms with Gasteiger partial charge in [-0.05, 0) is 50.6 Å². The predicted octanol–water partition coefficient (Wildman–Crippen LogP) is 3.47. The monoisotopic (exact) mass is 450 g/mol. The number of hydrogen-bond acceptors (Lipinski definition) is 6. The van der Waals surface area contributed by atoms with Crippen molar-refractivity contribution in [3.05, 3.63) is 53.6 Å². The van der Waals surface area contributed by atoms with E-state index in [-0.39, 0.29) is 13.2 Å². The molecular weight excluding hydrogens is 424 g/mol. The van der Waals surface area contributed by atoms with Crippen molar-refractivity contribution < 1.29 is 28.6 Å². The zero-order valence-electron chi connectivity index (χ0n) is 19.0. The van der Waals surface area contributed by atoms with E-state index in [2.05, 4.69) is 0 Å². The molecule has 2 aromatic rings. The van der Waals surface area contributed by atoms with Gasteiger partial charge in [-0.25, -0.2) is 9.69 Å². The quantitative estimate of drug-likeness (QED) is 0.524. The molecule has 0 saturated carbocycles. The second-order valence-electron chi connectivity index (χ2n) is 8.83. The molecule has 172 valence electrons. The Hall–Kier alpha value is -3.55. The maximum absolute atomic E-state index is 13.9. The summed E-state index contributed by atoms with van der Waals surface area (Å²) in [4.78, 5) is 43.7. The molecule has 3 aliphatic heterocycles. The van der Waals surface area contributed by atoms with Gasteiger partial charge < -0.3 is 19.1 Å². The molecule has 8 heteroatoms. The van der Waals surface area contributed by atoms with E-state index in [0.29, 0.717) is 17.2 Å². The van der Waals surface area contributed by atoms with E-state index in [4.69, 9.17) is 14.2 Å². The zero-order valence-corrected chi connectivity index (χ0v) is 19.0. The number of anilines is 1. The maximum Gasteiger partial charge on any atom is 0.332 e. The Balaban J connectivity index is 1.68. The highest BCUT2D eigenvalue weighted by Crippen LogP contribution is 2.58. The number of amides is 3. The van der Waals surface area contributed by atoms with Gasteiger partial charge in [0.05, 0.1) is 38.0 Å². The molecule has 3 aliphatic rings. The van der Waals surface area contributed by atoms with Crippen LogP contribution in [0, 0.1) is 18.8 Å². The Labute approximate surface area is 192 Å². The summed E-state index contributed by atoms with van der Waals surface area (Å²) in [6.07, 6.45) is 0. The highest BCUT2D eigenvalue weighted by Gasteiger charge is 2.72. The summed E-state index contributed by atoms with van der Waals surface area (Å²) in [5.41, 5.74) is 0.764. The Bertz CT molecular complexity index is 1160.